The lowest BCUT2D eigenvalue weighted by Crippen LogP contribution is -2.45. The van der Waals surface area contributed by atoms with Crippen LogP contribution in [0.2, 0.25) is 0 Å². The molecule has 0 aromatic carbocycles. The summed E-state index contributed by atoms with van der Waals surface area (Å²) in [6, 6.07) is 0. The van der Waals surface area contributed by atoms with Gasteiger partial charge in [0.2, 0.25) is 0 Å². The van der Waals surface area contributed by atoms with Crippen LogP contribution < -0.4 is 0 Å². The zero-order chi connectivity index (χ0) is 16.1. The fourth-order valence-corrected chi connectivity index (χ4v) is 2.63. The van der Waals surface area contributed by atoms with Crippen LogP contribution in [0, 0.1) is 5.41 Å². The van der Waals surface area contributed by atoms with E-state index in [1.165, 1.54) is 7.11 Å². The average Bonchev–Trinajstić information content (AvgIpc) is 2.37. The second-order valence-corrected chi connectivity index (χ2v) is 6.71. The van der Waals surface area contributed by atoms with Crippen LogP contribution in [0.4, 0.5) is 4.79 Å². The van der Waals surface area contributed by atoms with Crippen LogP contribution in [0.5, 0.6) is 0 Å². The van der Waals surface area contributed by atoms with Gasteiger partial charge in [-0.2, -0.15) is 0 Å². The quantitative estimate of drug-likeness (QED) is 0.591. The Kier molecular flexibility index (Phi) is 5.81. The number of hydrogen-bond acceptors (Lipinski definition) is 4. The summed E-state index contributed by atoms with van der Waals surface area (Å²) >= 11 is 0. The highest BCUT2D eigenvalue weighted by atomic mass is 16.6. The van der Waals surface area contributed by atoms with Gasteiger partial charge >= 0.3 is 12.1 Å². The molecule has 0 aromatic rings. The van der Waals surface area contributed by atoms with Crippen molar-refractivity contribution in [2.24, 2.45) is 5.41 Å². The molecule has 1 rings (SSSR count). The third kappa shape index (κ3) is 5.40. The summed E-state index contributed by atoms with van der Waals surface area (Å²) in [4.78, 5) is 25.4. The van der Waals surface area contributed by atoms with Gasteiger partial charge < -0.3 is 14.4 Å². The van der Waals surface area contributed by atoms with Gasteiger partial charge in [0.05, 0.1) is 13.5 Å². The van der Waals surface area contributed by atoms with E-state index in [-0.39, 0.29) is 17.5 Å². The molecule has 0 aliphatic carbocycles. The second-order valence-electron chi connectivity index (χ2n) is 6.71. The summed E-state index contributed by atoms with van der Waals surface area (Å²) < 4.78 is 10.2. The van der Waals surface area contributed by atoms with Gasteiger partial charge in [-0.1, -0.05) is 6.08 Å². The SMILES string of the molecule is C=CCC1(CC(=O)OC)CCN(C(=O)OC(C)(C)C)CC1. The Bertz CT molecular complexity index is 390. The maximum absolute atomic E-state index is 12.1. The van der Waals surface area contributed by atoms with E-state index >= 15 is 0 Å². The molecule has 0 saturated carbocycles. The number of nitrogens with zero attached hydrogens (tertiary/aromatic N) is 1. The first-order valence-corrected chi connectivity index (χ1v) is 7.37. The molecule has 21 heavy (non-hydrogen) atoms. The zero-order valence-electron chi connectivity index (χ0n) is 13.6. The van der Waals surface area contributed by atoms with Crippen LogP contribution >= 0.6 is 0 Å². The van der Waals surface area contributed by atoms with E-state index in [1.807, 2.05) is 26.8 Å². The van der Waals surface area contributed by atoms with Gasteiger partial charge in [-0.3, -0.25) is 4.79 Å². The van der Waals surface area contributed by atoms with Gasteiger partial charge in [0.15, 0.2) is 0 Å². The van der Waals surface area contributed by atoms with Crippen molar-refractivity contribution in [1.82, 2.24) is 4.90 Å². The summed E-state index contributed by atoms with van der Waals surface area (Å²) in [6.45, 7) is 10.5. The number of ether oxygens (including phenoxy) is 2. The fourth-order valence-electron chi connectivity index (χ4n) is 2.63. The van der Waals surface area contributed by atoms with Crippen molar-refractivity contribution in [3.8, 4) is 0 Å². The van der Waals surface area contributed by atoms with Gasteiger partial charge in [-0.05, 0) is 45.4 Å². The van der Waals surface area contributed by atoms with E-state index < -0.39 is 5.60 Å². The number of rotatable bonds is 4. The highest BCUT2D eigenvalue weighted by molar-refractivity contribution is 5.70. The van der Waals surface area contributed by atoms with Gasteiger partial charge in [0.1, 0.15) is 5.60 Å². The summed E-state index contributed by atoms with van der Waals surface area (Å²) in [7, 11) is 1.40. The van der Waals surface area contributed by atoms with Crippen LogP contribution in [0.15, 0.2) is 12.7 Å². The molecule has 1 aliphatic rings. The molecule has 1 aliphatic heterocycles. The van der Waals surface area contributed by atoms with Crippen molar-refractivity contribution in [3.05, 3.63) is 12.7 Å². The van der Waals surface area contributed by atoms with Crippen LogP contribution in [-0.2, 0) is 14.3 Å². The Morgan fingerprint density at radius 3 is 2.29 bits per heavy atom. The summed E-state index contributed by atoms with van der Waals surface area (Å²) in [5.41, 5.74) is -0.633. The first-order valence-electron chi connectivity index (χ1n) is 7.37. The molecule has 0 N–H and O–H groups in total. The molecule has 0 aromatic heterocycles. The monoisotopic (exact) mass is 297 g/mol. The minimum Gasteiger partial charge on any atom is -0.469 e. The number of methoxy groups -OCH3 is 1. The molecule has 5 heteroatoms. The lowest BCUT2D eigenvalue weighted by Gasteiger charge is -2.41. The second kappa shape index (κ2) is 6.96. The largest absolute Gasteiger partial charge is 0.469 e. The van der Waals surface area contributed by atoms with E-state index in [2.05, 4.69) is 6.58 Å². The summed E-state index contributed by atoms with van der Waals surface area (Å²) in [6.07, 6.45) is 4.20. The van der Waals surface area contributed by atoms with Gasteiger partial charge in [0, 0.05) is 13.1 Å². The predicted octanol–water partition coefficient (Wildman–Crippen LogP) is 3.14. The van der Waals surface area contributed by atoms with Crippen LogP contribution in [0.1, 0.15) is 46.5 Å². The molecule has 1 heterocycles. The Balaban J connectivity index is 2.63. The van der Waals surface area contributed by atoms with Crippen molar-refractivity contribution in [3.63, 3.8) is 0 Å². The molecule has 0 unspecified atom stereocenters. The summed E-state index contributed by atoms with van der Waals surface area (Å²) in [5.74, 6) is -0.206. The lowest BCUT2D eigenvalue weighted by atomic mass is 9.73. The normalized spacial score (nSPS) is 18.0. The molecule has 0 atom stereocenters. The molecule has 5 nitrogen and oxygen atoms in total. The number of hydrogen-bond donors (Lipinski definition) is 0. The molecule has 120 valence electrons. The molecule has 1 fully saturated rings. The minimum atomic E-state index is -0.487. The van der Waals surface area contributed by atoms with Crippen molar-refractivity contribution in [2.45, 2.75) is 52.1 Å². The minimum absolute atomic E-state index is 0.145. The van der Waals surface area contributed by atoms with E-state index in [1.54, 1.807) is 4.90 Å². The van der Waals surface area contributed by atoms with Gasteiger partial charge in [-0.15, -0.1) is 6.58 Å². The molecule has 0 spiro atoms. The topological polar surface area (TPSA) is 55.8 Å². The lowest BCUT2D eigenvalue weighted by molar-refractivity contribution is -0.144. The van der Waals surface area contributed by atoms with E-state index in [0.717, 1.165) is 19.3 Å². The molecule has 0 bridgehead atoms. The van der Waals surface area contributed by atoms with Crippen LogP contribution in [0.25, 0.3) is 0 Å². The molecule has 1 saturated heterocycles. The number of carbonyl (C=O) groups is 2. The van der Waals surface area contributed by atoms with Crippen LogP contribution in [0.3, 0.4) is 0 Å². The smallest absolute Gasteiger partial charge is 0.410 e. The standard InChI is InChI=1S/C16H27NO4/c1-6-7-16(12-13(18)20-5)8-10-17(11-9-16)14(19)21-15(2,3)4/h6H,1,7-12H2,2-5H3. The average molecular weight is 297 g/mol. The predicted molar refractivity (Wildman–Crippen MR) is 80.9 cm³/mol. The van der Waals surface area contributed by atoms with Crippen molar-refractivity contribution >= 4 is 12.1 Å². The summed E-state index contributed by atoms with van der Waals surface area (Å²) in [5, 5.41) is 0. The highest BCUT2D eigenvalue weighted by Gasteiger charge is 2.38. The molecule has 0 radical (unpaired) electrons. The molecule has 1 amide bonds. The maximum atomic E-state index is 12.1. The van der Waals surface area contributed by atoms with Crippen molar-refractivity contribution in [2.75, 3.05) is 20.2 Å². The number of piperidine rings is 1. The Morgan fingerprint density at radius 2 is 1.86 bits per heavy atom. The first kappa shape index (κ1) is 17.5. The number of carbonyl (C=O) groups excluding carboxylic acids is 2. The fraction of sp³-hybridized carbons (Fsp3) is 0.750. The van der Waals surface area contributed by atoms with Crippen molar-refractivity contribution in [1.29, 1.82) is 0 Å². The third-order valence-corrected chi connectivity index (χ3v) is 3.80. The maximum Gasteiger partial charge on any atom is 0.410 e. The van der Waals surface area contributed by atoms with E-state index in [4.69, 9.17) is 9.47 Å². The Morgan fingerprint density at radius 1 is 1.29 bits per heavy atom. The first-order chi connectivity index (χ1) is 9.71. The number of allylic oxidation sites excluding steroid dienone is 1. The Hall–Kier alpha value is -1.52. The molecular weight excluding hydrogens is 270 g/mol. The van der Waals surface area contributed by atoms with Gasteiger partial charge in [0.25, 0.3) is 0 Å². The third-order valence-electron chi connectivity index (χ3n) is 3.80. The van der Waals surface area contributed by atoms with Crippen LogP contribution in [-0.4, -0.2) is 42.8 Å². The number of amides is 1. The van der Waals surface area contributed by atoms with E-state index in [9.17, 15) is 9.59 Å². The highest BCUT2D eigenvalue weighted by Crippen LogP contribution is 2.39. The zero-order valence-corrected chi connectivity index (χ0v) is 13.6. The van der Waals surface area contributed by atoms with Gasteiger partial charge in [-0.25, -0.2) is 4.79 Å². The van der Waals surface area contributed by atoms with Crippen molar-refractivity contribution < 1.29 is 19.1 Å². The number of esters is 1. The molecular formula is C16H27NO4. The number of likely N-dealkylation sites (tertiary alicyclic amines) is 1. The Labute approximate surface area is 127 Å². The van der Waals surface area contributed by atoms with E-state index in [0.29, 0.717) is 19.5 Å².